The Balaban J connectivity index is 1.93. The first-order valence-corrected chi connectivity index (χ1v) is 7.64. The second-order valence-electron chi connectivity index (χ2n) is 5.60. The number of rotatable bonds is 6. The van der Waals surface area contributed by atoms with Gasteiger partial charge in [0, 0.05) is 37.1 Å². The minimum atomic E-state index is 0.197. The van der Waals surface area contributed by atoms with Crippen molar-refractivity contribution in [3.63, 3.8) is 0 Å². The molecule has 0 aromatic heterocycles. The summed E-state index contributed by atoms with van der Waals surface area (Å²) in [5.74, 6) is 0. The third-order valence-electron chi connectivity index (χ3n) is 3.98. The van der Waals surface area contributed by atoms with Crippen molar-refractivity contribution in [1.82, 2.24) is 4.90 Å². The van der Waals surface area contributed by atoms with Crippen LogP contribution in [0.15, 0.2) is 24.3 Å². The van der Waals surface area contributed by atoms with Crippen molar-refractivity contribution in [1.29, 1.82) is 0 Å². The van der Waals surface area contributed by atoms with Gasteiger partial charge >= 0.3 is 0 Å². The van der Waals surface area contributed by atoms with Gasteiger partial charge in [0.15, 0.2) is 0 Å². The second-order valence-corrected chi connectivity index (χ2v) is 5.60. The lowest BCUT2D eigenvalue weighted by atomic mass is 10.1. The van der Waals surface area contributed by atoms with Crippen LogP contribution >= 0.6 is 0 Å². The van der Waals surface area contributed by atoms with Gasteiger partial charge in [0.25, 0.3) is 0 Å². The van der Waals surface area contributed by atoms with Crippen LogP contribution < -0.4 is 10.2 Å². The topological polar surface area (TPSA) is 38.7 Å². The molecule has 0 saturated carbocycles. The molecule has 20 heavy (non-hydrogen) atoms. The molecule has 1 fully saturated rings. The number of piperidine rings is 1. The summed E-state index contributed by atoms with van der Waals surface area (Å²) in [6, 6.07) is 9.11. The van der Waals surface area contributed by atoms with Crippen molar-refractivity contribution in [3.05, 3.63) is 24.3 Å². The highest BCUT2D eigenvalue weighted by Crippen LogP contribution is 2.20. The molecule has 1 aromatic rings. The van der Waals surface area contributed by atoms with Crippen molar-refractivity contribution < 1.29 is 5.11 Å². The molecule has 2 N–H and O–H groups in total. The zero-order valence-corrected chi connectivity index (χ0v) is 12.7. The summed E-state index contributed by atoms with van der Waals surface area (Å²) in [6.07, 6.45) is 2.52. The number of anilines is 2. The van der Waals surface area contributed by atoms with Gasteiger partial charge in [0.1, 0.15) is 0 Å². The molecule has 4 heteroatoms. The molecule has 1 unspecified atom stereocenters. The highest BCUT2D eigenvalue weighted by atomic mass is 16.3. The predicted octanol–water partition coefficient (Wildman–Crippen LogP) is 2.01. The van der Waals surface area contributed by atoms with Crippen LogP contribution in [-0.4, -0.2) is 55.9 Å². The van der Waals surface area contributed by atoms with E-state index in [9.17, 15) is 0 Å². The van der Waals surface area contributed by atoms with Gasteiger partial charge in [-0.25, -0.2) is 0 Å². The van der Waals surface area contributed by atoms with E-state index in [4.69, 9.17) is 5.11 Å². The maximum atomic E-state index is 9.07. The number of likely N-dealkylation sites (tertiary alicyclic amines) is 1. The lowest BCUT2D eigenvalue weighted by Gasteiger charge is -2.31. The SMILES string of the molecule is CCN(CCO)c1ccc(NC2CCCN(C)C2)cc1. The molecular formula is C16H27N3O. The van der Waals surface area contributed by atoms with Crippen molar-refractivity contribution >= 4 is 11.4 Å². The first-order valence-electron chi connectivity index (χ1n) is 7.64. The summed E-state index contributed by atoms with van der Waals surface area (Å²) in [6.45, 7) is 6.25. The normalized spacial score (nSPS) is 19.9. The average Bonchev–Trinajstić information content (AvgIpc) is 2.46. The fraction of sp³-hybridized carbons (Fsp3) is 0.625. The van der Waals surface area contributed by atoms with E-state index < -0.39 is 0 Å². The summed E-state index contributed by atoms with van der Waals surface area (Å²) < 4.78 is 0. The van der Waals surface area contributed by atoms with Crippen molar-refractivity contribution in [2.75, 3.05) is 50.1 Å². The minimum absolute atomic E-state index is 0.197. The zero-order chi connectivity index (χ0) is 14.4. The molecule has 0 radical (unpaired) electrons. The molecule has 4 nitrogen and oxygen atoms in total. The van der Waals surface area contributed by atoms with Crippen molar-refractivity contribution in [3.8, 4) is 0 Å². The molecule has 1 atom stereocenters. The van der Waals surface area contributed by atoms with Crippen LogP contribution in [0.4, 0.5) is 11.4 Å². The third-order valence-corrected chi connectivity index (χ3v) is 3.98. The fourth-order valence-corrected chi connectivity index (χ4v) is 2.88. The molecule has 0 aliphatic carbocycles. The van der Waals surface area contributed by atoms with E-state index in [0.717, 1.165) is 13.1 Å². The Bertz CT molecular complexity index is 393. The summed E-state index contributed by atoms with van der Waals surface area (Å²) in [4.78, 5) is 4.56. The molecule has 0 amide bonds. The van der Waals surface area contributed by atoms with Gasteiger partial charge < -0.3 is 20.2 Å². The predicted molar refractivity (Wildman–Crippen MR) is 85.6 cm³/mol. The summed E-state index contributed by atoms with van der Waals surface area (Å²) >= 11 is 0. The van der Waals surface area contributed by atoms with Crippen LogP contribution in [0.2, 0.25) is 0 Å². The number of aliphatic hydroxyl groups excluding tert-OH is 1. The Labute approximate surface area is 122 Å². The van der Waals surface area contributed by atoms with Crippen LogP contribution in [0, 0.1) is 0 Å². The number of nitrogens with one attached hydrogen (secondary N) is 1. The van der Waals surface area contributed by atoms with Crippen molar-refractivity contribution in [2.24, 2.45) is 0 Å². The highest BCUT2D eigenvalue weighted by Gasteiger charge is 2.16. The fourth-order valence-electron chi connectivity index (χ4n) is 2.88. The largest absolute Gasteiger partial charge is 0.395 e. The van der Waals surface area contributed by atoms with Gasteiger partial charge in [0.2, 0.25) is 0 Å². The smallest absolute Gasteiger partial charge is 0.0606 e. The van der Waals surface area contributed by atoms with Gasteiger partial charge in [-0.15, -0.1) is 0 Å². The van der Waals surface area contributed by atoms with E-state index in [1.165, 1.54) is 30.8 Å². The average molecular weight is 277 g/mol. The summed E-state index contributed by atoms with van der Waals surface area (Å²) in [7, 11) is 2.19. The maximum Gasteiger partial charge on any atom is 0.0606 e. The number of likely N-dealkylation sites (N-methyl/N-ethyl adjacent to an activating group) is 2. The number of hydrogen-bond donors (Lipinski definition) is 2. The van der Waals surface area contributed by atoms with Crippen LogP contribution in [-0.2, 0) is 0 Å². The second kappa shape index (κ2) is 7.50. The third kappa shape index (κ3) is 4.12. The van der Waals surface area contributed by atoms with E-state index in [0.29, 0.717) is 12.6 Å². The van der Waals surface area contributed by atoms with Gasteiger partial charge in [-0.1, -0.05) is 0 Å². The Morgan fingerprint density at radius 3 is 2.70 bits per heavy atom. The van der Waals surface area contributed by atoms with E-state index in [-0.39, 0.29) is 6.61 Å². The van der Waals surface area contributed by atoms with E-state index in [1.54, 1.807) is 0 Å². The Kier molecular flexibility index (Phi) is 5.68. The molecule has 1 aliphatic rings. The first-order chi connectivity index (χ1) is 9.72. The number of benzene rings is 1. The quantitative estimate of drug-likeness (QED) is 0.834. The molecular weight excluding hydrogens is 250 g/mol. The van der Waals surface area contributed by atoms with Gasteiger partial charge in [-0.2, -0.15) is 0 Å². The van der Waals surface area contributed by atoms with E-state index in [1.807, 2.05) is 0 Å². The monoisotopic (exact) mass is 277 g/mol. The molecule has 1 aliphatic heterocycles. The lowest BCUT2D eigenvalue weighted by Crippen LogP contribution is -2.39. The molecule has 1 heterocycles. The Morgan fingerprint density at radius 1 is 1.35 bits per heavy atom. The van der Waals surface area contributed by atoms with Gasteiger partial charge in [0.05, 0.1) is 6.61 Å². The van der Waals surface area contributed by atoms with Crippen LogP contribution in [0.1, 0.15) is 19.8 Å². The van der Waals surface area contributed by atoms with Crippen LogP contribution in [0.3, 0.4) is 0 Å². The maximum absolute atomic E-state index is 9.07. The van der Waals surface area contributed by atoms with Gasteiger partial charge in [-0.05, 0) is 57.6 Å². The van der Waals surface area contributed by atoms with Crippen LogP contribution in [0.25, 0.3) is 0 Å². The van der Waals surface area contributed by atoms with Gasteiger partial charge in [-0.3, -0.25) is 0 Å². The molecule has 1 aromatic carbocycles. The molecule has 0 spiro atoms. The van der Waals surface area contributed by atoms with E-state index >= 15 is 0 Å². The number of aliphatic hydroxyl groups is 1. The summed E-state index contributed by atoms with van der Waals surface area (Å²) in [5.41, 5.74) is 2.36. The van der Waals surface area contributed by atoms with Crippen molar-refractivity contribution in [2.45, 2.75) is 25.8 Å². The number of hydrogen-bond acceptors (Lipinski definition) is 4. The zero-order valence-electron chi connectivity index (χ0n) is 12.7. The Hall–Kier alpha value is -1.26. The molecule has 2 rings (SSSR count). The Morgan fingerprint density at radius 2 is 2.10 bits per heavy atom. The molecule has 1 saturated heterocycles. The summed E-state index contributed by atoms with van der Waals surface area (Å²) in [5, 5.41) is 12.7. The van der Waals surface area contributed by atoms with Crippen LogP contribution in [0.5, 0.6) is 0 Å². The molecule has 0 bridgehead atoms. The number of nitrogens with zero attached hydrogens (tertiary/aromatic N) is 2. The standard InChI is InChI=1S/C16H27N3O/c1-3-19(11-12-20)16-8-6-14(7-9-16)17-15-5-4-10-18(2)13-15/h6-9,15,17,20H,3-5,10-13H2,1-2H3. The lowest BCUT2D eigenvalue weighted by molar-refractivity contribution is 0.261. The van der Waals surface area contributed by atoms with E-state index in [2.05, 4.69) is 53.4 Å². The highest BCUT2D eigenvalue weighted by molar-refractivity contribution is 5.55. The minimum Gasteiger partial charge on any atom is -0.395 e. The first kappa shape index (κ1) is 15.1. The molecule has 112 valence electrons.